The quantitative estimate of drug-likeness (QED) is 0.683. The SMILES string of the molecule is CCOC(=O)c1ncnc(NCC2CCCC(c3ccccc3)C2)c1Br. The molecule has 5 nitrogen and oxygen atoms in total. The van der Waals surface area contributed by atoms with Crippen molar-refractivity contribution in [3.05, 3.63) is 52.4 Å². The lowest BCUT2D eigenvalue weighted by Crippen LogP contribution is -2.22. The van der Waals surface area contributed by atoms with Crippen LogP contribution in [0.2, 0.25) is 0 Å². The number of rotatable bonds is 6. The highest BCUT2D eigenvalue weighted by molar-refractivity contribution is 9.10. The summed E-state index contributed by atoms with van der Waals surface area (Å²) in [5.74, 6) is 1.42. The minimum Gasteiger partial charge on any atom is -0.461 e. The van der Waals surface area contributed by atoms with Gasteiger partial charge in [0.15, 0.2) is 5.69 Å². The van der Waals surface area contributed by atoms with Crippen LogP contribution in [-0.4, -0.2) is 29.1 Å². The Labute approximate surface area is 162 Å². The third kappa shape index (κ3) is 4.61. The number of nitrogens with zero attached hydrogens (tertiary/aromatic N) is 2. The summed E-state index contributed by atoms with van der Waals surface area (Å²) in [4.78, 5) is 20.3. The lowest BCUT2D eigenvalue weighted by atomic mass is 9.78. The molecule has 0 amide bonds. The molecular weight excluding hydrogens is 394 g/mol. The highest BCUT2D eigenvalue weighted by Gasteiger charge is 2.24. The molecule has 1 aromatic heterocycles. The highest BCUT2D eigenvalue weighted by atomic mass is 79.9. The Kier molecular flexibility index (Phi) is 6.61. The average molecular weight is 418 g/mol. The summed E-state index contributed by atoms with van der Waals surface area (Å²) in [5, 5.41) is 3.39. The van der Waals surface area contributed by atoms with Gasteiger partial charge in [0.25, 0.3) is 0 Å². The van der Waals surface area contributed by atoms with Crippen molar-refractivity contribution in [2.24, 2.45) is 5.92 Å². The summed E-state index contributed by atoms with van der Waals surface area (Å²) in [7, 11) is 0. The molecule has 26 heavy (non-hydrogen) atoms. The van der Waals surface area contributed by atoms with Crippen LogP contribution in [-0.2, 0) is 4.74 Å². The van der Waals surface area contributed by atoms with E-state index in [4.69, 9.17) is 4.74 Å². The number of carbonyl (C=O) groups is 1. The van der Waals surface area contributed by atoms with Crippen LogP contribution in [0.1, 0.15) is 54.6 Å². The molecule has 0 aliphatic heterocycles. The molecule has 138 valence electrons. The lowest BCUT2D eigenvalue weighted by Gasteiger charge is -2.29. The van der Waals surface area contributed by atoms with E-state index in [2.05, 4.69) is 61.5 Å². The molecule has 2 atom stereocenters. The molecule has 3 rings (SSSR count). The predicted octanol–water partition coefficient (Wildman–Crippen LogP) is 4.80. The van der Waals surface area contributed by atoms with Crippen LogP contribution in [0.25, 0.3) is 0 Å². The normalized spacial score (nSPS) is 19.8. The number of hydrogen-bond donors (Lipinski definition) is 1. The Hall–Kier alpha value is -1.95. The van der Waals surface area contributed by atoms with Crippen molar-refractivity contribution in [3.8, 4) is 0 Å². The van der Waals surface area contributed by atoms with Crippen LogP contribution in [0.4, 0.5) is 5.82 Å². The van der Waals surface area contributed by atoms with Crippen molar-refractivity contribution >= 4 is 27.7 Å². The van der Waals surface area contributed by atoms with Crippen LogP contribution in [0.5, 0.6) is 0 Å². The van der Waals surface area contributed by atoms with Crippen LogP contribution in [0, 0.1) is 5.92 Å². The summed E-state index contributed by atoms with van der Waals surface area (Å²) >= 11 is 3.44. The first-order valence-corrected chi connectivity index (χ1v) is 9.94. The smallest absolute Gasteiger partial charge is 0.358 e. The van der Waals surface area contributed by atoms with Crippen LogP contribution in [0.15, 0.2) is 41.1 Å². The van der Waals surface area contributed by atoms with Crippen molar-refractivity contribution in [3.63, 3.8) is 0 Å². The third-order valence-corrected chi connectivity index (χ3v) is 5.62. The molecule has 1 aromatic carbocycles. The summed E-state index contributed by atoms with van der Waals surface area (Å²) < 4.78 is 5.60. The van der Waals surface area contributed by atoms with E-state index in [0.717, 1.165) is 6.54 Å². The maximum atomic E-state index is 12.0. The Balaban J connectivity index is 1.62. The number of carbonyl (C=O) groups excluding carboxylic acids is 1. The monoisotopic (exact) mass is 417 g/mol. The van der Waals surface area contributed by atoms with Gasteiger partial charge >= 0.3 is 5.97 Å². The lowest BCUT2D eigenvalue weighted by molar-refractivity contribution is 0.0518. The summed E-state index contributed by atoms with van der Waals surface area (Å²) in [5.41, 5.74) is 1.69. The predicted molar refractivity (Wildman–Crippen MR) is 105 cm³/mol. The van der Waals surface area contributed by atoms with Gasteiger partial charge < -0.3 is 10.1 Å². The van der Waals surface area contributed by atoms with Crippen LogP contribution < -0.4 is 5.32 Å². The van der Waals surface area contributed by atoms with E-state index in [1.54, 1.807) is 6.92 Å². The van der Waals surface area contributed by atoms with Gasteiger partial charge in [-0.25, -0.2) is 14.8 Å². The molecule has 0 spiro atoms. The molecule has 2 unspecified atom stereocenters. The molecular formula is C20H24BrN3O2. The second-order valence-electron chi connectivity index (χ2n) is 6.63. The number of ether oxygens (including phenoxy) is 1. The van der Waals surface area contributed by atoms with E-state index in [9.17, 15) is 4.79 Å². The molecule has 0 radical (unpaired) electrons. The van der Waals surface area contributed by atoms with Gasteiger partial charge in [0.2, 0.25) is 0 Å². The first-order chi connectivity index (χ1) is 12.7. The van der Waals surface area contributed by atoms with Crippen LogP contribution >= 0.6 is 15.9 Å². The van der Waals surface area contributed by atoms with Gasteiger partial charge in [0.1, 0.15) is 12.1 Å². The second kappa shape index (κ2) is 9.12. The fourth-order valence-electron chi connectivity index (χ4n) is 3.58. The van der Waals surface area contributed by atoms with Gasteiger partial charge in [0.05, 0.1) is 11.1 Å². The van der Waals surface area contributed by atoms with Gasteiger partial charge in [-0.1, -0.05) is 36.8 Å². The van der Waals surface area contributed by atoms with E-state index in [0.29, 0.717) is 28.7 Å². The zero-order valence-electron chi connectivity index (χ0n) is 15.0. The molecule has 1 aliphatic carbocycles. The molecule has 1 fully saturated rings. The maximum Gasteiger partial charge on any atom is 0.358 e. The Morgan fingerprint density at radius 1 is 1.27 bits per heavy atom. The van der Waals surface area contributed by atoms with E-state index in [1.807, 2.05) is 0 Å². The zero-order chi connectivity index (χ0) is 18.4. The standard InChI is InChI=1S/C20H24BrN3O2/c1-2-26-20(25)18-17(21)19(24-13-23-18)22-12-14-7-6-10-16(11-14)15-8-4-3-5-9-15/h3-5,8-9,13-14,16H,2,6-7,10-12H2,1H3,(H,22,23,24). The summed E-state index contributed by atoms with van der Waals surface area (Å²) in [6.07, 6.45) is 6.27. The molecule has 0 bridgehead atoms. The number of esters is 1. The van der Waals surface area contributed by atoms with E-state index in [1.165, 1.54) is 37.6 Å². The van der Waals surface area contributed by atoms with Crippen molar-refractivity contribution in [1.29, 1.82) is 0 Å². The maximum absolute atomic E-state index is 12.0. The van der Waals surface area contributed by atoms with Gasteiger partial charge in [-0.05, 0) is 59.5 Å². The number of hydrogen-bond acceptors (Lipinski definition) is 5. The van der Waals surface area contributed by atoms with Crippen molar-refractivity contribution in [2.75, 3.05) is 18.5 Å². The number of nitrogens with one attached hydrogen (secondary N) is 1. The van der Waals surface area contributed by atoms with Crippen molar-refractivity contribution < 1.29 is 9.53 Å². The highest BCUT2D eigenvalue weighted by Crippen LogP contribution is 2.36. The topological polar surface area (TPSA) is 64.1 Å². The molecule has 2 aromatic rings. The molecule has 0 saturated heterocycles. The van der Waals surface area contributed by atoms with E-state index < -0.39 is 5.97 Å². The number of anilines is 1. The number of benzene rings is 1. The Bertz CT molecular complexity index is 739. The van der Waals surface area contributed by atoms with Gasteiger partial charge in [0, 0.05) is 6.54 Å². The minimum absolute atomic E-state index is 0.259. The molecule has 1 heterocycles. The van der Waals surface area contributed by atoms with E-state index >= 15 is 0 Å². The molecule has 1 saturated carbocycles. The second-order valence-corrected chi connectivity index (χ2v) is 7.42. The summed E-state index contributed by atoms with van der Waals surface area (Å²) in [6.45, 7) is 2.93. The molecule has 6 heteroatoms. The zero-order valence-corrected chi connectivity index (χ0v) is 16.5. The first kappa shape index (κ1) is 18.8. The average Bonchev–Trinajstić information content (AvgIpc) is 2.68. The third-order valence-electron chi connectivity index (χ3n) is 4.87. The van der Waals surface area contributed by atoms with Crippen molar-refractivity contribution in [2.45, 2.75) is 38.5 Å². The first-order valence-electron chi connectivity index (χ1n) is 9.15. The Morgan fingerprint density at radius 3 is 2.85 bits per heavy atom. The summed E-state index contributed by atoms with van der Waals surface area (Å²) in [6, 6.07) is 10.8. The van der Waals surface area contributed by atoms with Crippen LogP contribution in [0.3, 0.4) is 0 Å². The van der Waals surface area contributed by atoms with Gasteiger partial charge in [-0.2, -0.15) is 0 Å². The van der Waals surface area contributed by atoms with Gasteiger partial charge in [-0.3, -0.25) is 0 Å². The van der Waals surface area contributed by atoms with Gasteiger partial charge in [-0.15, -0.1) is 0 Å². The fourth-order valence-corrected chi connectivity index (χ4v) is 4.09. The number of aromatic nitrogens is 2. The largest absolute Gasteiger partial charge is 0.461 e. The Morgan fingerprint density at radius 2 is 2.08 bits per heavy atom. The minimum atomic E-state index is -0.438. The van der Waals surface area contributed by atoms with E-state index in [-0.39, 0.29) is 5.69 Å². The number of halogens is 1. The molecule has 1 N–H and O–H groups in total. The molecule has 1 aliphatic rings. The fraction of sp³-hybridized carbons (Fsp3) is 0.450. The van der Waals surface area contributed by atoms with Crippen molar-refractivity contribution in [1.82, 2.24) is 9.97 Å².